The maximum atomic E-state index is 13.4. The van der Waals surface area contributed by atoms with E-state index in [1.165, 1.54) is 18.2 Å². The van der Waals surface area contributed by atoms with Gasteiger partial charge < -0.3 is 10.5 Å². The predicted molar refractivity (Wildman–Crippen MR) is 74.3 cm³/mol. The average Bonchev–Trinajstić information content (AvgIpc) is 2.41. The lowest BCUT2D eigenvalue weighted by Gasteiger charge is -2.11. The number of ether oxygens (including phenoxy) is 1. The molecule has 0 aromatic heterocycles. The second-order valence-electron chi connectivity index (χ2n) is 4.29. The van der Waals surface area contributed by atoms with Crippen molar-refractivity contribution in [1.82, 2.24) is 0 Å². The fourth-order valence-electron chi connectivity index (χ4n) is 1.62. The number of halogens is 5. The summed E-state index contributed by atoms with van der Waals surface area (Å²) in [6, 6.07) is 7.00. The molecule has 0 unspecified atom stereocenters. The zero-order valence-corrected chi connectivity index (χ0v) is 12.1. The van der Waals surface area contributed by atoms with Gasteiger partial charge in [0.25, 0.3) is 0 Å². The Bertz CT molecular complexity index is 641. The molecule has 21 heavy (non-hydrogen) atoms. The van der Waals surface area contributed by atoms with Crippen LogP contribution in [0.4, 0.5) is 23.2 Å². The van der Waals surface area contributed by atoms with Gasteiger partial charge in [0.15, 0.2) is 0 Å². The molecule has 0 aliphatic rings. The Hall–Kier alpha value is -1.76. The Balaban J connectivity index is 2.08. The number of anilines is 1. The Labute approximate surface area is 126 Å². The molecular formula is C14H10BrF4NO. The van der Waals surface area contributed by atoms with Gasteiger partial charge in [0.2, 0.25) is 0 Å². The van der Waals surface area contributed by atoms with Gasteiger partial charge in [-0.3, -0.25) is 0 Å². The van der Waals surface area contributed by atoms with Crippen LogP contribution in [0.3, 0.4) is 0 Å². The van der Waals surface area contributed by atoms with E-state index in [-0.39, 0.29) is 22.5 Å². The van der Waals surface area contributed by atoms with E-state index in [1.54, 1.807) is 0 Å². The zero-order chi connectivity index (χ0) is 15.6. The largest absolute Gasteiger partial charge is 0.487 e. The first-order valence-electron chi connectivity index (χ1n) is 5.81. The lowest BCUT2D eigenvalue weighted by molar-refractivity contribution is -0.137. The smallest absolute Gasteiger partial charge is 0.416 e. The van der Waals surface area contributed by atoms with Gasteiger partial charge in [-0.15, -0.1) is 0 Å². The third-order valence-electron chi connectivity index (χ3n) is 2.73. The van der Waals surface area contributed by atoms with Crippen LogP contribution in [-0.2, 0) is 12.8 Å². The summed E-state index contributed by atoms with van der Waals surface area (Å²) in [5.74, 6) is -0.401. The normalized spacial score (nSPS) is 11.5. The molecule has 0 saturated heterocycles. The molecule has 0 saturated carbocycles. The predicted octanol–water partition coefficient (Wildman–Crippen LogP) is 4.77. The highest BCUT2D eigenvalue weighted by molar-refractivity contribution is 9.10. The monoisotopic (exact) mass is 363 g/mol. The molecule has 0 radical (unpaired) electrons. The highest BCUT2D eigenvalue weighted by Crippen LogP contribution is 2.30. The number of alkyl halides is 3. The topological polar surface area (TPSA) is 35.2 Å². The van der Waals surface area contributed by atoms with Crippen molar-refractivity contribution in [3.05, 3.63) is 57.8 Å². The fraction of sp³-hybridized carbons (Fsp3) is 0.143. The molecular weight excluding hydrogens is 354 g/mol. The highest BCUT2D eigenvalue weighted by atomic mass is 79.9. The maximum Gasteiger partial charge on any atom is 0.416 e. The van der Waals surface area contributed by atoms with E-state index in [0.717, 1.165) is 18.2 Å². The van der Waals surface area contributed by atoms with E-state index in [4.69, 9.17) is 10.5 Å². The number of nitrogen functional groups attached to an aromatic ring is 1. The Morgan fingerprint density at radius 1 is 1.10 bits per heavy atom. The van der Waals surface area contributed by atoms with Crippen LogP contribution in [0.15, 0.2) is 40.9 Å². The highest BCUT2D eigenvalue weighted by Gasteiger charge is 2.29. The van der Waals surface area contributed by atoms with E-state index in [9.17, 15) is 17.6 Å². The number of rotatable bonds is 3. The second kappa shape index (κ2) is 5.93. The Kier molecular flexibility index (Phi) is 4.41. The van der Waals surface area contributed by atoms with Crippen LogP contribution in [0.1, 0.15) is 11.1 Å². The molecule has 0 fully saturated rings. The van der Waals surface area contributed by atoms with Gasteiger partial charge in [-0.05, 0) is 39.7 Å². The Morgan fingerprint density at radius 2 is 1.71 bits per heavy atom. The zero-order valence-electron chi connectivity index (χ0n) is 10.5. The molecule has 2 nitrogen and oxygen atoms in total. The first kappa shape index (κ1) is 15.6. The van der Waals surface area contributed by atoms with Crippen LogP contribution in [0.25, 0.3) is 0 Å². The molecule has 2 N–H and O–H groups in total. The molecule has 0 spiro atoms. The molecule has 2 rings (SSSR count). The van der Waals surface area contributed by atoms with E-state index in [0.29, 0.717) is 5.56 Å². The summed E-state index contributed by atoms with van der Waals surface area (Å²) in [6.45, 7) is -0.0105. The SMILES string of the molecule is Nc1cc(Br)c(F)cc1OCc1ccc(C(F)(F)F)cc1. The molecule has 2 aromatic carbocycles. The van der Waals surface area contributed by atoms with Crippen molar-refractivity contribution in [2.24, 2.45) is 0 Å². The van der Waals surface area contributed by atoms with Crippen LogP contribution in [0.5, 0.6) is 5.75 Å². The van der Waals surface area contributed by atoms with Gasteiger partial charge in [-0.25, -0.2) is 4.39 Å². The first-order chi connectivity index (χ1) is 9.77. The molecule has 0 aliphatic heterocycles. The summed E-state index contributed by atoms with van der Waals surface area (Å²) >= 11 is 2.99. The molecule has 0 amide bonds. The minimum Gasteiger partial charge on any atom is -0.487 e. The first-order valence-corrected chi connectivity index (χ1v) is 6.60. The summed E-state index contributed by atoms with van der Waals surface area (Å²) < 4.78 is 56.1. The summed E-state index contributed by atoms with van der Waals surface area (Å²) in [5, 5.41) is 0. The van der Waals surface area contributed by atoms with Gasteiger partial charge in [0.05, 0.1) is 15.7 Å². The van der Waals surface area contributed by atoms with E-state index >= 15 is 0 Å². The second-order valence-corrected chi connectivity index (χ2v) is 5.14. The van der Waals surface area contributed by atoms with Crippen molar-refractivity contribution < 1.29 is 22.3 Å². The minimum atomic E-state index is -4.38. The van der Waals surface area contributed by atoms with Crippen LogP contribution in [0, 0.1) is 5.82 Å². The average molecular weight is 364 g/mol. The molecule has 112 valence electrons. The van der Waals surface area contributed by atoms with E-state index in [1.807, 2.05) is 0 Å². The van der Waals surface area contributed by atoms with Gasteiger partial charge in [-0.1, -0.05) is 12.1 Å². The Morgan fingerprint density at radius 3 is 2.29 bits per heavy atom. The number of nitrogens with two attached hydrogens (primary N) is 1. The van der Waals surface area contributed by atoms with Gasteiger partial charge >= 0.3 is 6.18 Å². The van der Waals surface area contributed by atoms with Crippen molar-refractivity contribution in [2.45, 2.75) is 12.8 Å². The van der Waals surface area contributed by atoms with Crippen molar-refractivity contribution in [3.8, 4) is 5.75 Å². The van der Waals surface area contributed by atoms with Crippen molar-refractivity contribution >= 4 is 21.6 Å². The molecule has 0 heterocycles. The third kappa shape index (κ3) is 3.87. The molecule has 2 aromatic rings. The third-order valence-corrected chi connectivity index (χ3v) is 3.34. The standard InChI is InChI=1S/C14H10BrF4NO/c15-10-5-12(20)13(6-11(10)16)21-7-8-1-3-9(4-2-8)14(17,18)19/h1-6H,7,20H2. The van der Waals surface area contributed by atoms with Crippen molar-refractivity contribution in [3.63, 3.8) is 0 Å². The van der Waals surface area contributed by atoms with Crippen molar-refractivity contribution in [1.29, 1.82) is 0 Å². The maximum absolute atomic E-state index is 13.4. The van der Waals surface area contributed by atoms with Gasteiger partial charge in [-0.2, -0.15) is 13.2 Å². The number of benzene rings is 2. The molecule has 0 bridgehead atoms. The summed E-state index contributed by atoms with van der Waals surface area (Å²) in [4.78, 5) is 0. The van der Waals surface area contributed by atoms with Crippen LogP contribution in [-0.4, -0.2) is 0 Å². The molecule has 7 heteroatoms. The molecule has 0 aliphatic carbocycles. The van der Waals surface area contributed by atoms with E-state index < -0.39 is 17.6 Å². The molecule has 0 atom stereocenters. The number of hydrogen-bond donors (Lipinski definition) is 1. The van der Waals surface area contributed by atoms with Crippen LogP contribution < -0.4 is 10.5 Å². The minimum absolute atomic E-state index is 0.0105. The van der Waals surface area contributed by atoms with Crippen LogP contribution >= 0.6 is 15.9 Å². The van der Waals surface area contributed by atoms with Crippen molar-refractivity contribution in [2.75, 3.05) is 5.73 Å². The summed E-state index contributed by atoms with van der Waals surface area (Å²) in [6.07, 6.45) is -4.38. The van der Waals surface area contributed by atoms with Gasteiger partial charge in [0.1, 0.15) is 18.2 Å². The number of hydrogen-bond acceptors (Lipinski definition) is 2. The summed E-state index contributed by atoms with van der Waals surface area (Å²) in [7, 11) is 0. The van der Waals surface area contributed by atoms with Gasteiger partial charge in [0, 0.05) is 6.07 Å². The lowest BCUT2D eigenvalue weighted by Crippen LogP contribution is -2.05. The summed E-state index contributed by atoms with van der Waals surface area (Å²) in [5.41, 5.74) is 5.68. The quantitative estimate of drug-likeness (QED) is 0.629. The van der Waals surface area contributed by atoms with Crippen LogP contribution in [0.2, 0.25) is 0 Å². The fourth-order valence-corrected chi connectivity index (χ4v) is 1.98. The van der Waals surface area contributed by atoms with E-state index in [2.05, 4.69) is 15.9 Å². The lowest BCUT2D eigenvalue weighted by atomic mass is 10.1.